The fourth-order valence-corrected chi connectivity index (χ4v) is 1.60. The van der Waals surface area contributed by atoms with Crippen LogP contribution in [0.15, 0.2) is 12.4 Å². The largest absolute Gasteiger partial charge is 0.350 e. The van der Waals surface area contributed by atoms with Crippen LogP contribution in [0.2, 0.25) is 0 Å². The summed E-state index contributed by atoms with van der Waals surface area (Å²) in [6.45, 7) is 8.61. The van der Waals surface area contributed by atoms with E-state index in [4.69, 9.17) is 0 Å². The second-order valence-electron chi connectivity index (χ2n) is 5.01. The summed E-state index contributed by atoms with van der Waals surface area (Å²) < 4.78 is 1.92. The van der Waals surface area contributed by atoms with Crippen LogP contribution >= 0.6 is 0 Å². The monoisotopic (exact) mass is 237 g/mol. The minimum Gasteiger partial charge on any atom is -0.350 e. The van der Waals surface area contributed by atoms with E-state index in [2.05, 4.69) is 24.1 Å². The van der Waals surface area contributed by atoms with Crippen molar-refractivity contribution in [3.8, 4) is 0 Å². The van der Waals surface area contributed by atoms with Crippen molar-refractivity contribution in [2.45, 2.75) is 59.0 Å². The molecule has 0 aromatic carbocycles. The van der Waals surface area contributed by atoms with Crippen molar-refractivity contribution in [2.24, 2.45) is 0 Å². The molecule has 1 heterocycles. The van der Waals surface area contributed by atoms with E-state index in [1.807, 2.05) is 24.6 Å². The molecule has 0 aliphatic carbocycles. The first kappa shape index (κ1) is 13.7. The Kier molecular flexibility index (Phi) is 4.73. The highest BCUT2D eigenvalue weighted by Gasteiger charge is 2.18. The standard InChI is InChI=1S/C13H23N3O/c1-5-7-11-14-8-9-16(11)10-12(17)15-13(3,4)6-2/h8-9H,5-7,10H2,1-4H3,(H,15,17). The number of rotatable bonds is 6. The summed E-state index contributed by atoms with van der Waals surface area (Å²) in [5.74, 6) is 1.03. The Balaban J connectivity index is 2.59. The van der Waals surface area contributed by atoms with Crippen LogP contribution in [0.4, 0.5) is 0 Å². The summed E-state index contributed by atoms with van der Waals surface area (Å²) >= 11 is 0. The summed E-state index contributed by atoms with van der Waals surface area (Å²) in [5, 5.41) is 3.03. The van der Waals surface area contributed by atoms with E-state index in [0.29, 0.717) is 6.54 Å². The number of carbonyl (C=O) groups excluding carboxylic acids is 1. The molecule has 0 fully saturated rings. The number of hydrogen-bond donors (Lipinski definition) is 1. The maximum absolute atomic E-state index is 11.9. The minimum atomic E-state index is -0.136. The number of nitrogens with zero attached hydrogens (tertiary/aromatic N) is 2. The van der Waals surface area contributed by atoms with Gasteiger partial charge in [0.25, 0.3) is 0 Å². The van der Waals surface area contributed by atoms with Gasteiger partial charge in [-0.1, -0.05) is 13.8 Å². The molecule has 0 saturated carbocycles. The first-order chi connectivity index (χ1) is 7.98. The quantitative estimate of drug-likeness (QED) is 0.824. The molecule has 0 spiro atoms. The number of hydrogen-bond acceptors (Lipinski definition) is 2. The molecule has 4 heteroatoms. The van der Waals surface area contributed by atoms with Gasteiger partial charge in [-0.2, -0.15) is 0 Å². The van der Waals surface area contributed by atoms with Crippen LogP contribution in [0.25, 0.3) is 0 Å². The molecular weight excluding hydrogens is 214 g/mol. The average Bonchev–Trinajstić information content (AvgIpc) is 2.65. The van der Waals surface area contributed by atoms with E-state index in [-0.39, 0.29) is 11.4 Å². The third kappa shape index (κ3) is 4.21. The van der Waals surface area contributed by atoms with Gasteiger partial charge in [0.15, 0.2) is 0 Å². The van der Waals surface area contributed by atoms with E-state index in [1.165, 1.54) is 0 Å². The van der Waals surface area contributed by atoms with E-state index in [9.17, 15) is 4.79 Å². The predicted octanol–water partition coefficient (Wildman–Crippen LogP) is 2.14. The molecular formula is C13H23N3O. The van der Waals surface area contributed by atoms with E-state index < -0.39 is 0 Å². The number of aryl methyl sites for hydroxylation is 1. The van der Waals surface area contributed by atoms with Gasteiger partial charge in [0.05, 0.1) is 0 Å². The van der Waals surface area contributed by atoms with Crippen molar-refractivity contribution >= 4 is 5.91 Å². The van der Waals surface area contributed by atoms with Crippen LogP contribution in [0.1, 0.15) is 46.4 Å². The Hall–Kier alpha value is -1.32. The molecule has 0 aliphatic heterocycles. The first-order valence-electron chi connectivity index (χ1n) is 6.29. The molecule has 1 rings (SSSR count). The van der Waals surface area contributed by atoms with Crippen LogP contribution in [-0.4, -0.2) is 21.0 Å². The number of amides is 1. The normalized spacial score (nSPS) is 11.5. The Bertz CT molecular complexity index is 368. The highest BCUT2D eigenvalue weighted by atomic mass is 16.2. The molecule has 1 aromatic rings. The van der Waals surface area contributed by atoms with Gasteiger partial charge in [-0.05, 0) is 26.7 Å². The molecule has 0 atom stereocenters. The second-order valence-corrected chi connectivity index (χ2v) is 5.01. The fourth-order valence-electron chi connectivity index (χ4n) is 1.60. The van der Waals surface area contributed by atoms with Gasteiger partial charge in [-0.3, -0.25) is 4.79 Å². The van der Waals surface area contributed by atoms with Gasteiger partial charge in [0.2, 0.25) is 5.91 Å². The lowest BCUT2D eigenvalue weighted by atomic mass is 10.0. The molecule has 1 amide bonds. The molecule has 17 heavy (non-hydrogen) atoms. The van der Waals surface area contributed by atoms with Crippen LogP contribution in [0.5, 0.6) is 0 Å². The zero-order chi connectivity index (χ0) is 12.9. The number of aromatic nitrogens is 2. The topological polar surface area (TPSA) is 46.9 Å². The summed E-state index contributed by atoms with van der Waals surface area (Å²) in [6, 6.07) is 0. The van der Waals surface area contributed by atoms with Gasteiger partial charge < -0.3 is 9.88 Å². The zero-order valence-electron chi connectivity index (χ0n) is 11.3. The van der Waals surface area contributed by atoms with Crippen molar-refractivity contribution in [2.75, 3.05) is 0 Å². The van der Waals surface area contributed by atoms with Crippen LogP contribution in [0, 0.1) is 0 Å². The maximum atomic E-state index is 11.9. The predicted molar refractivity (Wildman–Crippen MR) is 68.7 cm³/mol. The SMILES string of the molecule is CCCc1nccn1CC(=O)NC(C)(C)CC. The Labute approximate surface area is 103 Å². The van der Waals surface area contributed by atoms with Crippen molar-refractivity contribution in [3.05, 3.63) is 18.2 Å². The van der Waals surface area contributed by atoms with Crippen LogP contribution in [0.3, 0.4) is 0 Å². The van der Waals surface area contributed by atoms with Crippen LogP contribution < -0.4 is 5.32 Å². The van der Waals surface area contributed by atoms with Crippen molar-refractivity contribution in [1.82, 2.24) is 14.9 Å². The van der Waals surface area contributed by atoms with Gasteiger partial charge in [0, 0.05) is 24.4 Å². The number of carbonyl (C=O) groups is 1. The van der Waals surface area contributed by atoms with E-state index in [1.54, 1.807) is 6.20 Å². The van der Waals surface area contributed by atoms with Gasteiger partial charge in [-0.15, -0.1) is 0 Å². The highest BCUT2D eigenvalue weighted by molar-refractivity contribution is 5.76. The lowest BCUT2D eigenvalue weighted by Crippen LogP contribution is -2.44. The maximum Gasteiger partial charge on any atom is 0.240 e. The third-order valence-electron chi connectivity index (χ3n) is 2.95. The lowest BCUT2D eigenvalue weighted by Gasteiger charge is -2.24. The van der Waals surface area contributed by atoms with Gasteiger partial charge >= 0.3 is 0 Å². The lowest BCUT2D eigenvalue weighted by molar-refractivity contribution is -0.123. The molecule has 4 nitrogen and oxygen atoms in total. The van der Waals surface area contributed by atoms with E-state index >= 15 is 0 Å². The zero-order valence-corrected chi connectivity index (χ0v) is 11.3. The molecule has 0 saturated heterocycles. The summed E-state index contributed by atoms with van der Waals surface area (Å²) in [6.07, 6.45) is 6.49. The molecule has 96 valence electrons. The molecule has 0 radical (unpaired) electrons. The molecule has 0 unspecified atom stereocenters. The summed E-state index contributed by atoms with van der Waals surface area (Å²) in [4.78, 5) is 16.1. The minimum absolute atomic E-state index is 0.0483. The van der Waals surface area contributed by atoms with Crippen molar-refractivity contribution in [3.63, 3.8) is 0 Å². The fraction of sp³-hybridized carbons (Fsp3) is 0.692. The van der Waals surface area contributed by atoms with Crippen molar-refractivity contribution < 1.29 is 4.79 Å². The summed E-state index contributed by atoms with van der Waals surface area (Å²) in [7, 11) is 0. The molecule has 0 aliphatic rings. The van der Waals surface area contributed by atoms with Gasteiger partial charge in [-0.25, -0.2) is 4.98 Å². The number of nitrogens with one attached hydrogen (secondary N) is 1. The Morgan fingerprint density at radius 3 is 2.76 bits per heavy atom. The smallest absolute Gasteiger partial charge is 0.240 e. The van der Waals surface area contributed by atoms with E-state index in [0.717, 1.165) is 25.1 Å². The number of imidazole rings is 1. The Morgan fingerprint density at radius 1 is 1.47 bits per heavy atom. The first-order valence-corrected chi connectivity index (χ1v) is 6.29. The molecule has 1 aromatic heterocycles. The van der Waals surface area contributed by atoms with Gasteiger partial charge in [0.1, 0.15) is 12.4 Å². The second kappa shape index (κ2) is 5.84. The highest BCUT2D eigenvalue weighted by Crippen LogP contribution is 2.07. The average molecular weight is 237 g/mol. The third-order valence-corrected chi connectivity index (χ3v) is 2.95. The Morgan fingerprint density at radius 2 is 2.18 bits per heavy atom. The van der Waals surface area contributed by atoms with Crippen LogP contribution in [-0.2, 0) is 17.8 Å². The summed E-state index contributed by atoms with van der Waals surface area (Å²) in [5.41, 5.74) is -0.136. The van der Waals surface area contributed by atoms with Crippen molar-refractivity contribution in [1.29, 1.82) is 0 Å². The molecule has 0 bridgehead atoms. The molecule has 1 N–H and O–H groups in total.